The number of halogens is 2. The third-order valence-electron chi connectivity index (χ3n) is 6.64. The number of hydrogen-bond donors (Lipinski definition) is 1. The molecule has 2 aromatic carbocycles. The smallest absolute Gasteiger partial charge is 0.229 e. The van der Waals surface area contributed by atoms with Gasteiger partial charge in [0.25, 0.3) is 0 Å². The van der Waals surface area contributed by atoms with Crippen molar-refractivity contribution in [1.82, 2.24) is 9.80 Å². The number of likely N-dealkylation sites (tertiary alicyclic amines) is 1. The molecule has 2 aromatic rings. The van der Waals surface area contributed by atoms with E-state index in [-0.39, 0.29) is 24.4 Å². The number of likely N-dealkylation sites (N-methyl/N-ethyl adjacent to an activating group) is 1. The van der Waals surface area contributed by atoms with Crippen LogP contribution < -0.4 is 4.72 Å². The van der Waals surface area contributed by atoms with Crippen LogP contribution in [0.1, 0.15) is 42.0 Å². The highest BCUT2D eigenvalue weighted by atomic mass is 35.5. The van der Waals surface area contributed by atoms with Gasteiger partial charge in [0.2, 0.25) is 15.9 Å². The number of carbonyl (C=O) groups excluding carboxylic acids is 1. The van der Waals surface area contributed by atoms with Gasteiger partial charge in [0.15, 0.2) is 0 Å². The molecule has 6 nitrogen and oxygen atoms in total. The minimum atomic E-state index is -3.41. The van der Waals surface area contributed by atoms with E-state index in [4.69, 9.17) is 23.2 Å². The second-order valence-electron chi connectivity index (χ2n) is 8.97. The van der Waals surface area contributed by atoms with Gasteiger partial charge >= 0.3 is 0 Å². The summed E-state index contributed by atoms with van der Waals surface area (Å²) in [6.07, 6.45) is 5.32. The molecule has 9 heteroatoms. The topological polar surface area (TPSA) is 69.7 Å². The maximum absolute atomic E-state index is 13.4. The van der Waals surface area contributed by atoms with Crippen molar-refractivity contribution in [2.45, 2.75) is 44.2 Å². The van der Waals surface area contributed by atoms with E-state index < -0.39 is 10.0 Å². The lowest BCUT2D eigenvalue weighted by atomic mass is 9.81. The number of benzene rings is 2. The molecule has 0 bridgehead atoms. The van der Waals surface area contributed by atoms with Crippen LogP contribution in [0.4, 0.5) is 5.69 Å². The second kappa shape index (κ2) is 9.82. The Hall–Kier alpha value is -1.80. The van der Waals surface area contributed by atoms with Gasteiger partial charge in [-0.2, -0.15) is 0 Å². The molecule has 0 spiro atoms. The quantitative estimate of drug-likeness (QED) is 0.621. The fourth-order valence-corrected chi connectivity index (χ4v) is 6.05. The Bertz CT molecular complexity index is 1150. The van der Waals surface area contributed by atoms with Crippen LogP contribution in [-0.2, 0) is 27.7 Å². The van der Waals surface area contributed by atoms with Gasteiger partial charge in [-0.15, -0.1) is 0 Å². The summed E-state index contributed by atoms with van der Waals surface area (Å²) in [5, 5.41) is 0.890. The number of rotatable bonds is 6. The van der Waals surface area contributed by atoms with Gasteiger partial charge in [-0.3, -0.25) is 14.4 Å². The van der Waals surface area contributed by atoms with E-state index in [1.807, 2.05) is 30.1 Å². The Morgan fingerprint density at radius 3 is 2.55 bits per heavy atom. The maximum Gasteiger partial charge on any atom is 0.229 e. The number of fused-ring (bicyclic) bond motifs is 1. The molecule has 1 amide bonds. The highest BCUT2D eigenvalue weighted by molar-refractivity contribution is 7.92. The number of anilines is 1. The molecule has 0 saturated carbocycles. The lowest BCUT2D eigenvalue weighted by molar-refractivity contribution is -0.133. The summed E-state index contributed by atoms with van der Waals surface area (Å²) in [6, 6.07) is 11.0. The van der Waals surface area contributed by atoms with Crippen molar-refractivity contribution < 1.29 is 13.2 Å². The van der Waals surface area contributed by atoms with Gasteiger partial charge < -0.3 is 4.90 Å². The summed E-state index contributed by atoms with van der Waals surface area (Å²) < 4.78 is 26.5. The van der Waals surface area contributed by atoms with E-state index in [1.165, 1.54) is 0 Å². The van der Waals surface area contributed by atoms with Crippen molar-refractivity contribution in [3.05, 3.63) is 63.1 Å². The lowest BCUT2D eigenvalue weighted by Crippen LogP contribution is -2.48. The summed E-state index contributed by atoms with van der Waals surface area (Å²) in [6.45, 7) is 2.04. The van der Waals surface area contributed by atoms with Gasteiger partial charge in [-0.05, 0) is 73.7 Å². The predicted octanol–water partition coefficient (Wildman–Crippen LogP) is 4.52. The molecule has 1 heterocycles. The lowest BCUT2D eigenvalue weighted by Gasteiger charge is -2.44. The van der Waals surface area contributed by atoms with Crippen LogP contribution >= 0.6 is 23.2 Å². The van der Waals surface area contributed by atoms with E-state index >= 15 is 0 Å². The molecule has 178 valence electrons. The monoisotopic (exact) mass is 509 g/mol. The van der Waals surface area contributed by atoms with Crippen LogP contribution in [0.5, 0.6) is 0 Å². The van der Waals surface area contributed by atoms with E-state index in [0.29, 0.717) is 15.7 Å². The first kappa shape index (κ1) is 24.3. The number of nitrogens with zero attached hydrogens (tertiary/aromatic N) is 2. The second-order valence-corrected chi connectivity index (χ2v) is 11.5. The first-order chi connectivity index (χ1) is 15.6. The van der Waals surface area contributed by atoms with Crippen LogP contribution in [-0.4, -0.2) is 56.6 Å². The normalized spacial score (nSPS) is 21.0. The maximum atomic E-state index is 13.4. The number of hydrogen-bond acceptors (Lipinski definition) is 4. The molecule has 2 aliphatic rings. The molecule has 1 fully saturated rings. The van der Waals surface area contributed by atoms with Crippen molar-refractivity contribution in [3.63, 3.8) is 0 Å². The summed E-state index contributed by atoms with van der Waals surface area (Å²) in [4.78, 5) is 17.7. The van der Waals surface area contributed by atoms with Gasteiger partial charge in [-0.25, -0.2) is 8.42 Å². The molecule has 0 radical (unpaired) electrons. The van der Waals surface area contributed by atoms with Crippen LogP contribution in [0.3, 0.4) is 0 Å². The molecule has 2 unspecified atom stereocenters. The molecule has 0 aromatic heterocycles. The zero-order chi connectivity index (χ0) is 23.8. The van der Waals surface area contributed by atoms with Gasteiger partial charge in [0.05, 0.1) is 34.5 Å². The summed E-state index contributed by atoms with van der Waals surface area (Å²) >= 11 is 12.2. The molecule has 1 aliphatic carbocycles. The molecule has 1 N–H and O–H groups in total. The predicted molar refractivity (Wildman–Crippen MR) is 134 cm³/mol. The van der Waals surface area contributed by atoms with Crippen molar-refractivity contribution in [2.75, 3.05) is 31.1 Å². The van der Waals surface area contributed by atoms with Crippen LogP contribution in [0.2, 0.25) is 10.0 Å². The minimum absolute atomic E-state index is 0.0167. The number of amides is 1. The molecular formula is C24H29Cl2N3O3S. The first-order valence-electron chi connectivity index (χ1n) is 11.2. The average Bonchev–Trinajstić information content (AvgIpc) is 3.29. The Balaban J connectivity index is 1.68. The van der Waals surface area contributed by atoms with E-state index in [1.54, 1.807) is 18.2 Å². The van der Waals surface area contributed by atoms with Crippen molar-refractivity contribution in [1.29, 1.82) is 0 Å². The third-order valence-corrected chi connectivity index (χ3v) is 7.97. The third kappa shape index (κ3) is 5.48. The zero-order valence-corrected chi connectivity index (χ0v) is 21.2. The Labute approximate surface area is 205 Å². The van der Waals surface area contributed by atoms with Gasteiger partial charge in [0.1, 0.15) is 0 Å². The molecule has 2 atom stereocenters. The largest absolute Gasteiger partial charge is 0.337 e. The fourth-order valence-electron chi connectivity index (χ4n) is 5.14. The summed E-state index contributed by atoms with van der Waals surface area (Å²) in [5.41, 5.74) is 3.39. The number of sulfonamides is 1. The fraction of sp³-hybridized carbons (Fsp3) is 0.458. The molecule has 1 aliphatic heterocycles. The van der Waals surface area contributed by atoms with Crippen molar-refractivity contribution in [2.24, 2.45) is 0 Å². The van der Waals surface area contributed by atoms with Crippen molar-refractivity contribution in [3.8, 4) is 0 Å². The van der Waals surface area contributed by atoms with Gasteiger partial charge in [0, 0.05) is 13.1 Å². The highest BCUT2D eigenvalue weighted by Crippen LogP contribution is 2.41. The standard InChI is InChI=1S/C24H29Cl2N3O3S/c1-28(23(30)15-16-8-10-19(25)20(26)14-16)24-18-6-5-7-21(27-33(2,31)32)17(18)9-11-22(24)29-12-3-4-13-29/h5-8,10,14,22,24,27H,3-4,9,11-13,15H2,1-2H3. The van der Waals surface area contributed by atoms with Crippen LogP contribution in [0.15, 0.2) is 36.4 Å². The number of nitrogens with one attached hydrogen (secondary N) is 1. The summed E-state index contributed by atoms with van der Waals surface area (Å²) in [7, 11) is -1.56. The average molecular weight is 510 g/mol. The van der Waals surface area contributed by atoms with Crippen LogP contribution in [0, 0.1) is 0 Å². The van der Waals surface area contributed by atoms with E-state index in [2.05, 4.69) is 9.62 Å². The molecular weight excluding hydrogens is 481 g/mol. The number of carbonyl (C=O) groups is 1. The minimum Gasteiger partial charge on any atom is -0.337 e. The van der Waals surface area contributed by atoms with E-state index in [0.717, 1.165) is 61.7 Å². The molecule has 33 heavy (non-hydrogen) atoms. The van der Waals surface area contributed by atoms with Crippen LogP contribution in [0.25, 0.3) is 0 Å². The van der Waals surface area contributed by atoms with Crippen molar-refractivity contribution >= 4 is 44.8 Å². The molecule has 1 saturated heterocycles. The molecule has 4 rings (SSSR count). The Morgan fingerprint density at radius 1 is 1.15 bits per heavy atom. The SMILES string of the molecule is CN(C(=O)Cc1ccc(Cl)c(Cl)c1)C1c2cccc(NS(C)(=O)=O)c2CCC1N1CCCC1. The highest BCUT2D eigenvalue weighted by Gasteiger charge is 2.39. The van der Waals surface area contributed by atoms with Gasteiger partial charge in [-0.1, -0.05) is 41.4 Å². The zero-order valence-electron chi connectivity index (χ0n) is 18.9. The Kier molecular flexibility index (Phi) is 7.24. The Morgan fingerprint density at radius 2 is 1.88 bits per heavy atom. The first-order valence-corrected chi connectivity index (χ1v) is 13.8. The van der Waals surface area contributed by atoms with E-state index in [9.17, 15) is 13.2 Å². The summed E-state index contributed by atoms with van der Waals surface area (Å²) in [5.74, 6) is -0.0167.